The number of nitrogens with one attached hydrogen (secondary N) is 1. The van der Waals surface area contributed by atoms with E-state index in [1.807, 2.05) is 13.0 Å². The fourth-order valence-electron chi connectivity index (χ4n) is 2.43. The minimum atomic E-state index is -4.48. The highest BCUT2D eigenvalue weighted by atomic mass is 19.4. The molecule has 0 bridgehead atoms. The number of ether oxygens (including phenoxy) is 3. The van der Waals surface area contributed by atoms with Gasteiger partial charge in [0, 0.05) is 18.0 Å². The summed E-state index contributed by atoms with van der Waals surface area (Å²) in [7, 11) is 0. The lowest BCUT2D eigenvalue weighted by atomic mass is 10.3. The molecule has 6 nitrogen and oxygen atoms in total. The van der Waals surface area contributed by atoms with E-state index in [1.54, 1.807) is 42.6 Å². The van der Waals surface area contributed by atoms with Crippen LogP contribution in [0, 0.1) is 6.92 Å². The maximum absolute atomic E-state index is 12.4. The first kappa shape index (κ1) is 21.9. The summed E-state index contributed by atoms with van der Waals surface area (Å²) < 4.78 is 52.7. The highest BCUT2D eigenvalue weighted by molar-refractivity contribution is 5.91. The molecule has 0 aliphatic heterocycles. The number of carbonyl (C=O) groups is 1. The van der Waals surface area contributed by atoms with Crippen LogP contribution >= 0.6 is 0 Å². The van der Waals surface area contributed by atoms with E-state index in [0.29, 0.717) is 17.3 Å². The Morgan fingerprint density at radius 1 is 0.968 bits per heavy atom. The molecule has 0 atom stereocenters. The molecule has 3 rings (SSSR count). The van der Waals surface area contributed by atoms with E-state index in [0.717, 1.165) is 5.56 Å². The van der Waals surface area contributed by atoms with Gasteiger partial charge in [-0.25, -0.2) is 4.98 Å². The summed E-state index contributed by atoms with van der Waals surface area (Å²) in [6, 6.07) is 16.1. The lowest BCUT2D eigenvalue weighted by Gasteiger charge is -2.14. The number of para-hydroxylation sites is 2. The monoisotopic (exact) mass is 432 g/mol. The molecule has 1 N–H and O–H groups in total. The molecule has 0 unspecified atom stereocenters. The van der Waals surface area contributed by atoms with Crippen LogP contribution in [-0.2, 0) is 4.79 Å². The smallest absolute Gasteiger partial charge is 0.422 e. The third kappa shape index (κ3) is 7.22. The number of carbonyl (C=O) groups excluding carboxylic acids is 1. The minimum Gasteiger partial charge on any atom is -0.480 e. The van der Waals surface area contributed by atoms with Crippen LogP contribution in [0.25, 0.3) is 0 Å². The molecule has 31 heavy (non-hydrogen) atoms. The van der Waals surface area contributed by atoms with Crippen LogP contribution in [0.4, 0.5) is 18.9 Å². The lowest BCUT2D eigenvalue weighted by molar-refractivity contribution is -0.153. The standard InChI is InChI=1S/C22H19F3N2O4/c1-15-6-11-21(26-12-15)31-17-9-7-16(8-10-17)27-20(28)13-29-18-4-2-3-5-19(18)30-14-22(23,24)25/h2-12H,13-14H2,1H3,(H,27,28). The topological polar surface area (TPSA) is 69.7 Å². The molecule has 0 aliphatic rings. The number of hydrogen-bond donors (Lipinski definition) is 1. The fraction of sp³-hybridized carbons (Fsp3) is 0.182. The van der Waals surface area contributed by atoms with Gasteiger partial charge in [0.25, 0.3) is 5.91 Å². The predicted molar refractivity (Wildman–Crippen MR) is 108 cm³/mol. The summed E-state index contributed by atoms with van der Waals surface area (Å²) in [6.07, 6.45) is -2.79. The van der Waals surface area contributed by atoms with E-state index in [-0.39, 0.29) is 11.5 Å². The Morgan fingerprint density at radius 2 is 1.65 bits per heavy atom. The molecule has 1 heterocycles. The fourth-order valence-corrected chi connectivity index (χ4v) is 2.43. The number of aryl methyl sites for hydroxylation is 1. The Hall–Kier alpha value is -3.75. The van der Waals surface area contributed by atoms with Gasteiger partial charge in [0.1, 0.15) is 5.75 Å². The van der Waals surface area contributed by atoms with Crippen molar-refractivity contribution in [2.75, 3.05) is 18.5 Å². The quantitative estimate of drug-likeness (QED) is 0.534. The summed E-state index contributed by atoms with van der Waals surface area (Å²) in [5.74, 6) is 0.443. The first-order valence-corrected chi connectivity index (χ1v) is 9.20. The van der Waals surface area contributed by atoms with Crippen LogP contribution in [0.1, 0.15) is 5.56 Å². The molecule has 3 aromatic rings. The number of rotatable bonds is 8. The normalized spacial score (nSPS) is 11.0. The molecule has 1 amide bonds. The molecule has 162 valence electrons. The third-order valence-corrected chi connectivity index (χ3v) is 3.84. The number of aromatic nitrogens is 1. The Labute approximate surface area is 176 Å². The predicted octanol–water partition coefficient (Wildman–Crippen LogP) is 5.14. The SMILES string of the molecule is Cc1ccc(Oc2ccc(NC(=O)COc3ccccc3OCC(F)(F)F)cc2)nc1. The van der Waals surface area contributed by atoms with Crippen molar-refractivity contribution in [3.63, 3.8) is 0 Å². The Kier molecular flexibility index (Phi) is 6.96. The average Bonchev–Trinajstić information content (AvgIpc) is 2.74. The molecule has 1 aromatic heterocycles. The van der Waals surface area contributed by atoms with Crippen molar-refractivity contribution in [2.24, 2.45) is 0 Å². The van der Waals surface area contributed by atoms with Gasteiger partial charge in [-0.1, -0.05) is 18.2 Å². The largest absolute Gasteiger partial charge is 0.480 e. The molecular formula is C22H19F3N2O4. The number of alkyl halides is 3. The van der Waals surface area contributed by atoms with Crippen molar-refractivity contribution < 1.29 is 32.2 Å². The molecule has 0 spiro atoms. The van der Waals surface area contributed by atoms with Gasteiger partial charge < -0.3 is 19.5 Å². The summed E-state index contributed by atoms with van der Waals surface area (Å²) in [5.41, 5.74) is 1.52. The van der Waals surface area contributed by atoms with E-state index < -0.39 is 25.3 Å². The van der Waals surface area contributed by atoms with Crippen LogP contribution < -0.4 is 19.5 Å². The maximum Gasteiger partial charge on any atom is 0.422 e. The molecule has 0 saturated carbocycles. The van der Waals surface area contributed by atoms with Gasteiger partial charge in [0.05, 0.1) is 0 Å². The Balaban J connectivity index is 1.51. The average molecular weight is 432 g/mol. The van der Waals surface area contributed by atoms with Gasteiger partial charge >= 0.3 is 6.18 Å². The number of anilines is 1. The third-order valence-electron chi connectivity index (χ3n) is 3.84. The van der Waals surface area contributed by atoms with Crippen LogP contribution in [0.15, 0.2) is 66.9 Å². The van der Waals surface area contributed by atoms with Gasteiger partial charge in [-0.2, -0.15) is 13.2 Å². The van der Waals surface area contributed by atoms with Crippen molar-refractivity contribution in [1.82, 2.24) is 4.98 Å². The number of amides is 1. The molecule has 0 aliphatic carbocycles. The second-order valence-corrected chi connectivity index (χ2v) is 6.49. The molecule has 9 heteroatoms. The number of halogens is 3. The van der Waals surface area contributed by atoms with Gasteiger partial charge in [-0.3, -0.25) is 4.79 Å². The second-order valence-electron chi connectivity index (χ2n) is 6.49. The van der Waals surface area contributed by atoms with Crippen molar-refractivity contribution in [1.29, 1.82) is 0 Å². The Bertz CT molecular complexity index is 1010. The van der Waals surface area contributed by atoms with Crippen LogP contribution in [0.2, 0.25) is 0 Å². The molecule has 2 aromatic carbocycles. The van der Waals surface area contributed by atoms with E-state index in [2.05, 4.69) is 10.3 Å². The van der Waals surface area contributed by atoms with Crippen molar-refractivity contribution in [3.05, 3.63) is 72.4 Å². The highest BCUT2D eigenvalue weighted by Gasteiger charge is 2.29. The van der Waals surface area contributed by atoms with Crippen molar-refractivity contribution >= 4 is 11.6 Å². The van der Waals surface area contributed by atoms with Crippen LogP contribution in [0.5, 0.6) is 23.1 Å². The zero-order valence-corrected chi connectivity index (χ0v) is 16.5. The first-order chi connectivity index (χ1) is 14.8. The highest BCUT2D eigenvalue weighted by Crippen LogP contribution is 2.28. The lowest BCUT2D eigenvalue weighted by Crippen LogP contribution is -2.21. The number of pyridine rings is 1. The summed E-state index contributed by atoms with van der Waals surface area (Å²) in [6.45, 7) is 0.0656. The Morgan fingerprint density at radius 3 is 2.26 bits per heavy atom. The van der Waals surface area contributed by atoms with E-state index in [1.165, 1.54) is 18.2 Å². The van der Waals surface area contributed by atoms with Crippen LogP contribution in [-0.4, -0.2) is 30.3 Å². The second kappa shape index (κ2) is 9.84. The molecule has 0 fully saturated rings. The van der Waals surface area contributed by atoms with Gasteiger partial charge in [0.2, 0.25) is 5.88 Å². The van der Waals surface area contributed by atoms with Gasteiger partial charge in [0.15, 0.2) is 24.7 Å². The van der Waals surface area contributed by atoms with Gasteiger partial charge in [-0.05, 0) is 48.9 Å². The zero-order chi connectivity index (χ0) is 22.3. The zero-order valence-electron chi connectivity index (χ0n) is 16.5. The van der Waals surface area contributed by atoms with Crippen LogP contribution in [0.3, 0.4) is 0 Å². The summed E-state index contributed by atoms with van der Waals surface area (Å²) in [5, 5.41) is 2.63. The van der Waals surface area contributed by atoms with E-state index in [4.69, 9.17) is 14.2 Å². The molecular weight excluding hydrogens is 413 g/mol. The molecule has 0 saturated heterocycles. The number of nitrogens with zero attached hydrogens (tertiary/aromatic N) is 1. The summed E-state index contributed by atoms with van der Waals surface area (Å²) in [4.78, 5) is 16.3. The first-order valence-electron chi connectivity index (χ1n) is 9.20. The van der Waals surface area contributed by atoms with Gasteiger partial charge in [-0.15, -0.1) is 0 Å². The number of benzene rings is 2. The summed E-state index contributed by atoms with van der Waals surface area (Å²) >= 11 is 0. The maximum atomic E-state index is 12.4. The van der Waals surface area contributed by atoms with E-state index in [9.17, 15) is 18.0 Å². The van der Waals surface area contributed by atoms with E-state index >= 15 is 0 Å². The minimum absolute atomic E-state index is 0.0382. The number of hydrogen-bond acceptors (Lipinski definition) is 5. The molecule has 0 radical (unpaired) electrons. The van der Waals surface area contributed by atoms with Crippen molar-refractivity contribution in [3.8, 4) is 23.1 Å². The van der Waals surface area contributed by atoms with Crippen molar-refractivity contribution in [2.45, 2.75) is 13.1 Å².